The first kappa shape index (κ1) is 16.8. The molecule has 1 unspecified atom stereocenters. The van der Waals surface area contributed by atoms with Crippen LogP contribution in [0.1, 0.15) is 37.7 Å². The monoisotopic (exact) mass is 341 g/mol. The summed E-state index contributed by atoms with van der Waals surface area (Å²) in [6, 6.07) is 3.11. The summed E-state index contributed by atoms with van der Waals surface area (Å²) >= 11 is 0. The Balaban J connectivity index is 1.94. The Morgan fingerprint density at radius 3 is 2.33 bits per heavy atom. The molecule has 1 aromatic rings. The fraction of sp³-hybridized carbons (Fsp3) is 0.529. The largest absolute Gasteiger partial charge is 0.479 e. The molecule has 2 aliphatic rings. The van der Waals surface area contributed by atoms with Gasteiger partial charge in [0.25, 0.3) is 0 Å². The average molecular weight is 341 g/mol. The van der Waals surface area contributed by atoms with E-state index in [1.807, 2.05) is 0 Å². The van der Waals surface area contributed by atoms with Crippen molar-refractivity contribution in [3.05, 3.63) is 35.4 Å². The second-order valence-corrected chi connectivity index (χ2v) is 6.66. The van der Waals surface area contributed by atoms with Gasteiger partial charge in [-0.1, -0.05) is 18.9 Å². The zero-order chi connectivity index (χ0) is 17.5. The third kappa shape index (κ3) is 2.56. The number of carbonyl (C=O) groups excluding carboxylic acids is 1. The number of likely N-dealkylation sites (tertiary alicyclic amines) is 1. The van der Waals surface area contributed by atoms with E-state index in [1.54, 1.807) is 0 Å². The van der Waals surface area contributed by atoms with E-state index in [0.29, 0.717) is 25.7 Å². The Kier molecular flexibility index (Phi) is 4.05. The van der Waals surface area contributed by atoms with Crippen molar-refractivity contribution in [2.75, 3.05) is 13.1 Å². The Morgan fingerprint density at radius 1 is 1.12 bits per heavy atom. The molecular formula is C17H18F3NO3. The lowest BCUT2D eigenvalue weighted by Crippen LogP contribution is -2.47. The number of benzene rings is 1. The van der Waals surface area contributed by atoms with Crippen LogP contribution in [0.4, 0.5) is 13.2 Å². The Hall–Kier alpha value is -2.05. The van der Waals surface area contributed by atoms with Gasteiger partial charge in [-0.25, -0.2) is 18.0 Å². The summed E-state index contributed by atoms with van der Waals surface area (Å²) in [5, 5.41) is 8.98. The molecule has 0 radical (unpaired) electrons. The summed E-state index contributed by atoms with van der Waals surface area (Å²) in [4.78, 5) is 25.2. The summed E-state index contributed by atoms with van der Waals surface area (Å²) < 4.78 is 41.8. The van der Waals surface area contributed by atoms with Crippen molar-refractivity contribution in [3.8, 4) is 0 Å². The number of aliphatic carboxylic acids is 1. The molecule has 24 heavy (non-hydrogen) atoms. The number of carboxylic acids is 1. The van der Waals surface area contributed by atoms with E-state index >= 15 is 0 Å². The lowest BCUT2D eigenvalue weighted by atomic mass is 9.77. The van der Waals surface area contributed by atoms with Crippen LogP contribution in [0.15, 0.2) is 18.2 Å². The quantitative estimate of drug-likeness (QED) is 0.920. The maximum atomic E-state index is 14.3. The molecule has 4 nitrogen and oxygen atoms in total. The SMILES string of the molecule is O=C(O)C1(F)CCN(C(=O)C2(c3ccc(F)cc3F)CCCC2)C1. The smallest absolute Gasteiger partial charge is 0.343 e. The minimum Gasteiger partial charge on any atom is -0.479 e. The minimum absolute atomic E-state index is 0.0216. The van der Waals surface area contributed by atoms with E-state index in [2.05, 4.69) is 0 Å². The highest BCUT2D eigenvalue weighted by molar-refractivity contribution is 5.90. The molecule has 1 aliphatic heterocycles. The van der Waals surface area contributed by atoms with Gasteiger partial charge in [0.15, 0.2) is 0 Å². The van der Waals surface area contributed by atoms with Gasteiger partial charge in [0.2, 0.25) is 11.6 Å². The summed E-state index contributed by atoms with van der Waals surface area (Å²) in [6.07, 6.45) is 1.90. The molecule has 2 fully saturated rings. The minimum atomic E-state index is -2.46. The summed E-state index contributed by atoms with van der Waals surface area (Å²) in [6.45, 7) is -0.558. The van der Waals surface area contributed by atoms with Crippen LogP contribution < -0.4 is 0 Å². The molecule has 1 amide bonds. The number of halogens is 3. The summed E-state index contributed by atoms with van der Waals surface area (Å²) in [7, 11) is 0. The molecule has 1 atom stereocenters. The molecule has 1 aromatic carbocycles. The zero-order valence-electron chi connectivity index (χ0n) is 13.0. The van der Waals surface area contributed by atoms with Gasteiger partial charge in [-0.3, -0.25) is 4.79 Å². The topological polar surface area (TPSA) is 57.6 Å². The standard InChI is InChI=1S/C17H18F3NO3/c18-11-3-4-12(13(19)9-11)16(5-1-2-6-16)14(22)21-8-7-17(20,10-21)15(23)24/h3-4,9H,1-2,5-8,10H2,(H,23,24). The molecular weight excluding hydrogens is 323 g/mol. The number of hydrogen-bond acceptors (Lipinski definition) is 2. The maximum absolute atomic E-state index is 14.3. The van der Waals surface area contributed by atoms with Crippen LogP contribution in [0.5, 0.6) is 0 Å². The molecule has 1 aliphatic carbocycles. The Labute approximate surface area is 137 Å². The number of carboxylic acid groups (broad SMARTS) is 1. The van der Waals surface area contributed by atoms with Crippen LogP contribution in [0.25, 0.3) is 0 Å². The summed E-state index contributed by atoms with van der Waals surface area (Å²) in [5.74, 6) is -3.58. The van der Waals surface area contributed by atoms with Gasteiger partial charge < -0.3 is 10.0 Å². The van der Waals surface area contributed by atoms with E-state index in [9.17, 15) is 22.8 Å². The molecule has 0 spiro atoms. The van der Waals surface area contributed by atoms with E-state index in [0.717, 1.165) is 12.1 Å². The van der Waals surface area contributed by atoms with Gasteiger partial charge in [0, 0.05) is 24.6 Å². The van der Waals surface area contributed by atoms with Crippen molar-refractivity contribution < 1.29 is 27.9 Å². The molecule has 7 heteroatoms. The average Bonchev–Trinajstić information content (AvgIpc) is 3.15. The number of carbonyl (C=O) groups is 2. The molecule has 130 valence electrons. The van der Waals surface area contributed by atoms with E-state index in [4.69, 9.17) is 5.11 Å². The van der Waals surface area contributed by atoms with Crippen LogP contribution >= 0.6 is 0 Å². The van der Waals surface area contributed by atoms with Crippen molar-refractivity contribution in [2.45, 2.75) is 43.2 Å². The molecule has 3 rings (SSSR count). The number of amides is 1. The zero-order valence-corrected chi connectivity index (χ0v) is 13.0. The van der Waals surface area contributed by atoms with Gasteiger partial charge >= 0.3 is 5.97 Å². The van der Waals surface area contributed by atoms with Crippen molar-refractivity contribution in [2.24, 2.45) is 0 Å². The Morgan fingerprint density at radius 2 is 1.79 bits per heavy atom. The maximum Gasteiger partial charge on any atom is 0.343 e. The summed E-state index contributed by atoms with van der Waals surface area (Å²) in [5.41, 5.74) is -3.52. The lowest BCUT2D eigenvalue weighted by molar-refractivity contribution is -0.150. The normalized spacial score (nSPS) is 25.9. The van der Waals surface area contributed by atoms with E-state index in [-0.39, 0.29) is 18.5 Å². The van der Waals surface area contributed by atoms with Crippen LogP contribution in [0.3, 0.4) is 0 Å². The van der Waals surface area contributed by atoms with Crippen LogP contribution in [0, 0.1) is 11.6 Å². The van der Waals surface area contributed by atoms with Gasteiger partial charge in [0.05, 0.1) is 12.0 Å². The predicted molar refractivity (Wildman–Crippen MR) is 79.2 cm³/mol. The number of nitrogens with zero attached hydrogens (tertiary/aromatic N) is 1. The molecule has 0 bridgehead atoms. The second-order valence-electron chi connectivity index (χ2n) is 6.66. The lowest BCUT2D eigenvalue weighted by Gasteiger charge is -2.33. The molecule has 0 aromatic heterocycles. The third-order valence-electron chi connectivity index (χ3n) is 5.20. The van der Waals surface area contributed by atoms with Crippen molar-refractivity contribution in [1.82, 2.24) is 4.90 Å². The van der Waals surface area contributed by atoms with Gasteiger partial charge in [-0.2, -0.15) is 0 Å². The van der Waals surface area contributed by atoms with Crippen molar-refractivity contribution in [3.63, 3.8) is 0 Å². The van der Waals surface area contributed by atoms with Crippen molar-refractivity contribution >= 4 is 11.9 Å². The first-order valence-corrected chi connectivity index (χ1v) is 7.96. The first-order chi connectivity index (χ1) is 11.3. The highest BCUT2D eigenvalue weighted by atomic mass is 19.1. The predicted octanol–water partition coefficient (Wildman–Crippen LogP) is 2.80. The highest BCUT2D eigenvalue weighted by Gasteiger charge is 2.52. The van der Waals surface area contributed by atoms with Crippen molar-refractivity contribution in [1.29, 1.82) is 0 Å². The van der Waals surface area contributed by atoms with Crippen LogP contribution in [-0.2, 0) is 15.0 Å². The van der Waals surface area contributed by atoms with Gasteiger partial charge in [-0.05, 0) is 18.9 Å². The first-order valence-electron chi connectivity index (χ1n) is 7.96. The second kappa shape index (κ2) is 5.79. The highest BCUT2D eigenvalue weighted by Crippen LogP contribution is 2.45. The number of rotatable bonds is 3. The van der Waals surface area contributed by atoms with Gasteiger partial charge in [-0.15, -0.1) is 0 Å². The van der Waals surface area contributed by atoms with Gasteiger partial charge in [0.1, 0.15) is 11.6 Å². The number of hydrogen-bond donors (Lipinski definition) is 1. The van der Waals surface area contributed by atoms with E-state index < -0.39 is 41.1 Å². The van der Waals surface area contributed by atoms with Crippen LogP contribution in [-0.4, -0.2) is 40.6 Å². The Bertz CT molecular complexity index is 688. The van der Waals surface area contributed by atoms with E-state index in [1.165, 1.54) is 11.0 Å². The number of alkyl halides is 1. The van der Waals surface area contributed by atoms with Crippen LogP contribution in [0.2, 0.25) is 0 Å². The third-order valence-corrected chi connectivity index (χ3v) is 5.20. The molecule has 1 saturated heterocycles. The molecule has 1 N–H and O–H groups in total. The fourth-order valence-corrected chi connectivity index (χ4v) is 3.88. The molecule has 1 heterocycles. The fourth-order valence-electron chi connectivity index (χ4n) is 3.88. The molecule has 1 saturated carbocycles.